The minimum atomic E-state index is -3.81. The van der Waals surface area contributed by atoms with Crippen LogP contribution >= 0.6 is 15.9 Å². The lowest BCUT2D eigenvalue weighted by Gasteiger charge is -2.07. The first-order valence-corrected chi connectivity index (χ1v) is 8.14. The van der Waals surface area contributed by atoms with Gasteiger partial charge < -0.3 is 0 Å². The zero-order valence-electron chi connectivity index (χ0n) is 10.7. The molecule has 0 atom stereocenters. The first-order chi connectivity index (χ1) is 9.92. The Morgan fingerprint density at radius 3 is 2.67 bits per heavy atom. The van der Waals surface area contributed by atoms with Gasteiger partial charge >= 0.3 is 0 Å². The molecule has 0 aliphatic heterocycles. The van der Waals surface area contributed by atoms with Crippen LogP contribution in [0.1, 0.15) is 11.1 Å². The number of hydrogen-bond donors (Lipinski definition) is 1. The molecule has 0 aromatic heterocycles. The fraction of sp³-hybridized carbons (Fsp3) is 0.0714. The van der Waals surface area contributed by atoms with Crippen molar-refractivity contribution in [1.29, 1.82) is 5.26 Å². The molecule has 0 aliphatic rings. The fourth-order valence-corrected chi connectivity index (χ4v) is 2.93. The van der Waals surface area contributed by atoms with Crippen molar-refractivity contribution < 1.29 is 12.8 Å². The molecule has 7 heteroatoms. The highest BCUT2D eigenvalue weighted by Gasteiger charge is 2.15. The van der Waals surface area contributed by atoms with Gasteiger partial charge in [0.15, 0.2) is 0 Å². The molecular formula is C14H10BrFN2O2S. The number of halogens is 2. The molecule has 0 radical (unpaired) electrons. The van der Waals surface area contributed by atoms with E-state index in [1.54, 1.807) is 24.3 Å². The third-order valence-electron chi connectivity index (χ3n) is 2.72. The van der Waals surface area contributed by atoms with Crippen molar-refractivity contribution in [3.63, 3.8) is 0 Å². The van der Waals surface area contributed by atoms with Gasteiger partial charge in [-0.2, -0.15) is 5.26 Å². The van der Waals surface area contributed by atoms with Crippen LogP contribution in [0.3, 0.4) is 0 Å². The van der Waals surface area contributed by atoms with Gasteiger partial charge in [-0.1, -0.05) is 12.1 Å². The summed E-state index contributed by atoms with van der Waals surface area (Å²) < 4.78 is 40.1. The van der Waals surface area contributed by atoms with Crippen molar-refractivity contribution in [3.05, 3.63) is 63.9 Å². The first kappa shape index (κ1) is 15.6. The van der Waals surface area contributed by atoms with Crippen molar-refractivity contribution in [2.75, 3.05) is 0 Å². The van der Waals surface area contributed by atoms with E-state index in [1.807, 2.05) is 6.07 Å². The van der Waals surface area contributed by atoms with Crippen molar-refractivity contribution >= 4 is 26.0 Å². The third kappa shape index (κ3) is 3.88. The lowest BCUT2D eigenvalue weighted by atomic mass is 10.1. The van der Waals surface area contributed by atoms with Gasteiger partial charge in [-0.3, -0.25) is 0 Å². The number of nitrogens with one attached hydrogen (secondary N) is 1. The number of hydrogen-bond acceptors (Lipinski definition) is 3. The van der Waals surface area contributed by atoms with Gasteiger partial charge in [0.1, 0.15) is 5.82 Å². The van der Waals surface area contributed by atoms with E-state index in [9.17, 15) is 12.8 Å². The number of nitrogens with zero attached hydrogens (tertiary/aromatic N) is 1. The second-order valence-corrected chi connectivity index (χ2v) is 6.83. The molecule has 0 aliphatic carbocycles. The van der Waals surface area contributed by atoms with Crippen molar-refractivity contribution in [1.82, 2.24) is 4.72 Å². The summed E-state index contributed by atoms with van der Waals surface area (Å²) >= 11 is 2.97. The molecule has 0 saturated heterocycles. The normalized spacial score (nSPS) is 11.1. The molecule has 4 nitrogen and oxygen atoms in total. The number of nitriles is 1. The molecule has 0 amide bonds. The zero-order valence-corrected chi connectivity index (χ0v) is 13.1. The second-order valence-electron chi connectivity index (χ2n) is 4.21. The summed E-state index contributed by atoms with van der Waals surface area (Å²) in [5.41, 5.74) is 1.09. The molecule has 0 heterocycles. The molecule has 2 rings (SSSR count). The van der Waals surface area contributed by atoms with Gasteiger partial charge in [-0.25, -0.2) is 17.5 Å². The molecule has 0 unspecified atom stereocenters. The Hall–Kier alpha value is -1.75. The summed E-state index contributed by atoms with van der Waals surface area (Å²) in [6.07, 6.45) is 0. The van der Waals surface area contributed by atoms with Crippen LogP contribution in [-0.2, 0) is 16.6 Å². The molecular weight excluding hydrogens is 359 g/mol. The monoisotopic (exact) mass is 368 g/mol. The van der Waals surface area contributed by atoms with Crippen LogP contribution < -0.4 is 4.72 Å². The predicted octanol–water partition coefficient (Wildman–Crippen LogP) is 2.94. The maximum atomic E-state index is 13.4. The van der Waals surface area contributed by atoms with Gasteiger partial charge in [0, 0.05) is 6.54 Å². The molecule has 1 N–H and O–H groups in total. The minimum absolute atomic E-state index is 0.0233. The smallest absolute Gasteiger partial charge is 0.207 e. The SMILES string of the molecule is N#Cc1cccc(CNS(=O)(=O)c2ccc(Br)c(F)c2)c1. The van der Waals surface area contributed by atoms with Crippen LogP contribution in [0, 0.1) is 17.1 Å². The Morgan fingerprint density at radius 1 is 1.24 bits per heavy atom. The topological polar surface area (TPSA) is 70.0 Å². The van der Waals surface area contributed by atoms with Gasteiger partial charge in [0.05, 0.1) is 21.0 Å². The van der Waals surface area contributed by atoms with Gasteiger partial charge in [-0.15, -0.1) is 0 Å². The Bertz CT molecular complexity index is 816. The fourth-order valence-electron chi connectivity index (χ4n) is 1.66. The first-order valence-electron chi connectivity index (χ1n) is 5.86. The summed E-state index contributed by atoms with van der Waals surface area (Å²) in [4.78, 5) is -0.153. The van der Waals surface area contributed by atoms with E-state index >= 15 is 0 Å². The van der Waals surface area contributed by atoms with Crippen LogP contribution in [-0.4, -0.2) is 8.42 Å². The highest BCUT2D eigenvalue weighted by atomic mass is 79.9. The summed E-state index contributed by atoms with van der Waals surface area (Å²) in [7, 11) is -3.81. The maximum Gasteiger partial charge on any atom is 0.240 e. The standard InChI is InChI=1S/C14H10BrFN2O2S/c15-13-5-4-12(7-14(13)16)21(19,20)18-9-11-3-1-2-10(6-11)8-17/h1-7,18H,9H2. The van der Waals surface area contributed by atoms with Crippen LogP contribution in [0.25, 0.3) is 0 Å². The maximum absolute atomic E-state index is 13.4. The molecule has 108 valence electrons. The van der Waals surface area contributed by atoms with E-state index in [1.165, 1.54) is 12.1 Å². The van der Waals surface area contributed by atoms with Crippen LogP contribution in [0.4, 0.5) is 4.39 Å². The van der Waals surface area contributed by atoms with E-state index in [2.05, 4.69) is 20.7 Å². The Kier molecular flexibility index (Phi) is 4.73. The molecule has 2 aromatic rings. The van der Waals surface area contributed by atoms with E-state index in [0.29, 0.717) is 11.1 Å². The van der Waals surface area contributed by atoms with Crippen LogP contribution in [0.5, 0.6) is 0 Å². The van der Waals surface area contributed by atoms with Crippen molar-refractivity contribution in [2.24, 2.45) is 0 Å². The Balaban J connectivity index is 2.17. The molecule has 2 aromatic carbocycles. The van der Waals surface area contributed by atoms with E-state index in [0.717, 1.165) is 6.07 Å². The predicted molar refractivity (Wildman–Crippen MR) is 79.3 cm³/mol. The van der Waals surface area contributed by atoms with Crippen LogP contribution in [0.15, 0.2) is 51.8 Å². The van der Waals surface area contributed by atoms with Gasteiger partial charge in [-0.05, 0) is 51.8 Å². The van der Waals surface area contributed by atoms with Crippen molar-refractivity contribution in [3.8, 4) is 6.07 Å². The Morgan fingerprint density at radius 2 is 2.00 bits per heavy atom. The average molecular weight is 369 g/mol. The highest BCUT2D eigenvalue weighted by molar-refractivity contribution is 9.10. The van der Waals surface area contributed by atoms with Gasteiger partial charge in [0.25, 0.3) is 0 Å². The summed E-state index contributed by atoms with van der Waals surface area (Å²) in [5, 5.41) is 8.79. The van der Waals surface area contributed by atoms with Crippen molar-refractivity contribution in [2.45, 2.75) is 11.4 Å². The highest BCUT2D eigenvalue weighted by Crippen LogP contribution is 2.19. The molecule has 21 heavy (non-hydrogen) atoms. The summed E-state index contributed by atoms with van der Waals surface area (Å²) in [5.74, 6) is -0.649. The largest absolute Gasteiger partial charge is 0.240 e. The molecule has 0 fully saturated rings. The molecule has 0 bridgehead atoms. The average Bonchev–Trinajstić information content (AvgIpc) is 2.48. The minimum Gasteiger partial charge on any atom is -0.207 e. The molecule has 0 saturated carbocycles. The summed E-state index contributed by atoms with van der Waals surface area (Å²) in [6, 6.07) is 12.1. The summed E-state index contributed by atoms with van der Waals surface area (Å²) in [6.45, 7) is 0.0233. The number of sulfonamides is 1. The van der Waals surface area contributed by atoms with E-state index in [-0.39, 0.29) is 15.9 Å². The van der Waals surface area contributed by atoms with Gasteiger partial charge in [0.2, 0.25) is 10.0 Å². The number of rotatable bonds is 4. The lowest BCUT2D eigenvalue weighted by Crippen LogP contribution is -2.23. The molecule has 0 spiro atoms. The third-order valence-corrected chi connectivity index (χ3v) is 4.77. The zero-order chi connectivity index (χ0) is 15.5. The lowest BCUT2D eigenvalue weighted by molar-refractivity contribution is 0.576. The van der Waals surface area contributed by atoms with E-state index in [4.69, 9.17) is 5.26 Å². The second kappa shape index (κ2) is 6.35. The Labute approximate surface area is 130 Å². The van der Waals surface area contributed by atoms with Crippen LogP contribution in [0.2, 0.25) is 0 Å². The quantitative estimate of drug-likeness (QED) is 0.901. The number of benzene rings is 2. The van der Waals surface area contributed by atoms with E-state index < -0.39 is 15.8 Å².